The van der Waals surface area contributed by atoms with Crippen LogP contribution in [0.3, 0.4) is 0 Å². The lowest BCUT2D eigenvalue weighted by Gasteiger charge is -2.04. The van der Waals surface area contributed by atoms with E-state index in [0.717, 1.165) is 27.8 Å². The average Bonchev–Trinajstić information content (AvgIpc) is 3.12. The van der Waals surface area contributed by atoms with Gasteiger partial charge in [0.25, 0.3) is 11.1 Å². The summed E-state index contributed by atoms with van der Waals surface area (Å²) in [4.78, 5) is 11.8. The molecule has 0 atom stereocenters. The third kappa shape index (κ3) is 4.26. The number of hydrogen-bond acceptors (Lipinski definition) is 7. The van der Waals surface area contributed by atoms with E-state index in [4.69, 9.17) is 13.6 Å². The fourth-order valence-corrected chi connectivity index (χ4v) is 3.57. The normalized spacial score (nSPS) is 11.1. The topological polar surface area (TPSA) is 78.4 Å². The summed E-state index contributed by atoms with van der Waals surface area (Å²) in [6.45, 7) is 4.16. The Labute approximate surface area is 165 Å². The number of aryl methyl sites for hydroxylation is 2. The van der Waals surface area contributed by atoms with Crippen LogP contribution in [-0.4, -0.2) is 10.2 Å². The van der Waals surface area contributed by atoms with Crippen LogP contribution in [0.5, 0.6) is 5.75 Å². The van der Waals surface area contributed by atoms with Gasteiger partial charge in [-0.3, -0.25) is 0 Å². The molecule has 0 aliphatic rings. The SMILES string of the molecule is Cc1cccc(OCc2nnc(SCc3cc(=O)oc4cc(C)ccc34)o2)c1. The van der Waals surface area contributed by atoms with Crippen molar-refractivity contribution in [3.05, 3.63) is 81.5 Å². The molecule has 0 unspecified atom stereocenters. The summed E-state index contributed by atoms with van der Waals surface area (Å²) >= 11 is 1.37. The van der Waals surface area contributed by atoms with Crippen LogP contribution in [0, 0.1) is 13.8 Å². The Balaban J connectivity index is 1.43. The van der Waals surface area contributed by atoms with Gasteiger partial charge in [0.15, 0.2) is 6.61 Å². The van der Waals surface area contributed by atoms with Crippen LogP contribution < -0.4 is 10.4 Å². The molecule has 0 bridgehead atoms. The molecule has 2 aromatic carbocycles. The summed E-state index contributed by atoms with van der Waals surface area (Å²) < 4.78 is 16.6. The molecular formula is C21H18N2O4S. The quantitative estimate of drug-likeness (QED) is 0.347. The molecule has 0 amide bonds. The average molecular weight is 394 g/mol. The first-order valence-electron chi connectivity index (χ1n) is 8.75. The maximum Gasteiger partial charge on any atom is 0.336 e. The van der Waals surface area contributed by atoms with Gasteiger partial charge in [0.1, 0.15) is 11.3 Å². The predicted octanol–water partition coefficient (Wildman–Crippen LogP) is 4.66. The van der Waals surface area contributed by atoms with Crippen molar-refractivity contribution in [2.45, 2.75) is 31.4 Å². The number of thioether (sulfide) groups is 1. The van der Waals surface area contributed by atoms with E-state index in [-0.39, 0.29) is 12.2 Å². The predicted molar refractivity (Wildman–Crippen MR) is 107 cm³/mol. The number of ether oxygens (including phenoxy) is 1. The van der Waals surface area contributed by atoms with Crippen LogP contribution in [-0.2, 0) is 12.4 Å². The van der Waals surface area contributed by atoms with Gasteiger partial charge in [-0.15, -0.1) is 10.2 Å². The molecule has 28 heavy (non-hydrogen) atoms. The van der Waals surface area contributed by atoms with Crippen molar-refractivity contribution in [3.8, 4) is 5.75 Å². The van der Waals surface area contributed by atoms with Crippen LogP contribution in [0.1, 0.15) is 22.6 Å². The van der Waals surface area contributed by atoms with Gasteiger partial charge in [0.05, 0.1) is 0 Å². The number of rotatable bonds is 6. The molecule has 0 aliphatic carbocycles. The van der Waals surface area contributed by atoms with Gasteiger partial charge < -0.3 is 13.6 Å². The largest absolute Gasteiger partial charge is 0.484 e. The van der Waals surface area contributed by atoms with Crippen LogP contribution in [0.25, 0.3) is 11.0 Å². The van der Waals surface area contributed by atoms with E-state index in [2.05, 4.69) is 10.2 Å². The summed E-state index contributed by atoms with van der Waals surface area (Å²) in [5.41, 5.74) is 3.24. The van der Waals surface area contributed by atoms with E-state index < -0.39 is 0 Å². The van der Waals surface area contributed by atoms with Gasteiger partial charge in [-0.1, -0.05) is 36.0 Å². The minimum atomic E-state index is -0.369. The Morgan fingerprint density at radius 2 is 1.86 bits per heavy atom. The van der Waals surface area contributed by atoms with Crippen molar-refractivity contribution in [3.63, 3.8) is 0 Å². The molecule has 0 N–H and O–H groups in total. The molecular weight excluding hydrogens is 376 g/mol. The molecule has 2 aromatic heterocycles. The minimum Gasteiger partial charge on any atom is -0.484 e. The highest BCUT2D eigenvalue weighted by atomic mass is 32.2. The molecule has 0 saturated heterocycles. The molecule has 4 aromatic rings. The van der Waals surface area contributed by atoms with Crippen molar-refractivity contribution in [1.29, 1.82) is 0 Å². The van der Waals surface area contributed by atoms with E-state index in [9.17, 15) is 4.79 Å². The monoisotopic (exact) mass is 394 g/mol. The summed E-state index contributed by atoms with van der Waals surface area (Å²) in [6.07, 6.45) is 0. The second kappa shape index (κ2) is 7.90. The van der Waals surface area contributed by atoms with Gasteiger partial charge in [0, 0.05) is 17.2 Å². The highest BCUT2D eigenvalue weighted by Crippen LogP contribution is 2.26. The number of hydrogen-bond donors (Lipinski definition) is 0. The fourth-order valence-electron chi connectivity index (χ4n) is 2.80. The fraction of sp³-hybridized carbons (Fsp3) is 0.190. The van der Waals surface area contributed by atoms with E-state index in [0.29, 0.717) is 22.4 Å². The van der Waals surface area contributed by atoms with Crippen molar-refractivity contribution in [2.24, 2.45) is 0 Å². The van der Waals surface area contributed by atoms with Gasteiger partial charge in [-0.25, -0.2) is 4.79 Å². The molecule has 7 heteroatoms. The third-order valence-corrected chi connectivity index (χ3v) is 5.00. The minimum absolute atomic E-state index is 0.203. The summed E-state index contributed by atoms with van der Waals surface area (Å²) in [5, 5.41) is 9.39. The molecule has 0 spiro atoms. The van der Waals surface area contributed by atoms with E-state index in [1.54, 1.807) is 0 Å². The Kier molecular flexibility index (Phi) is 5.16. The lowest BCUT2D eigenvalue weighted by molar-refractivity contribution is 0.252. The molecule has 0 saturated carbocycles. The van der Waals surface area contributed by atoms with Crippen LogP contribution in [0.2, 0.25) is 0 Å². The number of nitrogens with zero attached hydrogens (tertiary/aromatic N) is 2. The second-order valence-corrected chi connectivity index (χ2v) is 7.37. The zero-order valence-corrected chi connectivity index (χ0v) is 16.3. The first kappa shape index (κ1) is 18.3. The van der Waals surface area contributed by atoms with E-state index >= 15 is 0 Å². The van der Waals surface area contributed by atoms with Crippen LogP contribution in [0.4, 0.5) is 0 Å². The smallest absolute Gasteiger partial charge is 0.336 e. The Morgan fingerprint density at radius 1 is 1.00 bits per heavy atom. The van der Waals surface area contributed by atoms with Crippen molar-refractivity contribution < 1.29 is 13.6 Å². The van der Waals surface area contributed by atoms with Gasteiger partial charge >= 0.3 is 5.63 Å². The Bertz CT molecular complexity index is 1180. The van der Waals surface area contributed by atoms with Crippen molar-refractivity contribution in [1.82, 2.24) is 10.2 Å². The van der Waals surface area contributed by atoms with Crippen molar-refractivity contribution in [2.75, 3.05) is 0 Å². The highest BCUT2D eigenvalue weighted by Gasteiger charge is 2.11. The summed E-state index contributed by atoms with van der Waals surface area (Å²) in [5.74, 6) is 1.67. The van der Waals surface area contributed by atoms with Gasteiger partial charge in [-0.2, -0.15) is 0 Å². The Hall–Kier alpha value is -3.06. The molecule has 0 radical (unpaired) electrons. The first-order chi connectivity index (χ1) is 13.6. The number of benzene rings is 2. The zero-order chi connectivity index (χ0) is 19.5. The first-order valence-corrected chi connectivity index (χ1v) is 9.73. The molecule has 0 fully saturated rings. The maximum absolute atomic E-state index is 11.8. The second-order valence-electron chi connectivity index (χ2n) is 6.45. The van der Waals surface area contributed by atoms with Crippen LogP contribution >= 0.6 is 11.8 Å². The standard InChI is InChI=1S/C21H18N2O4S/c1-13-4-3-5-16(8-13)25-11-19-22-23-21(27-19)28-12-15-10-20(24)26-18-9-14(2)6-7-17(15)18/h3-10H,11-12H2,1-2H3. The molecule has 142 valence electrons. The Morgan fingerprint density at radius 3 is 2.71 bits per heavy atom. The lowest BCUT2D eigenvalue weighted by atomic mass is 10.1. The third-order valence-electron chi connectivity index (χ3n) is 4.14. The summed E-state index contributed by atoms with van der Waals surface area (Å²) in [7, 11) is 0. The van der Waals surface area contributed by atoms with Crippen LogP contribution in [0.15, 0.2) is 67.4 Å². The number of fused-ring (bicyclic) bond motifs is 1. The van der Waals surface area contributed by atoms with Gasteiger partial charge in [0.2, 0.25) is 0 Å². The van der Waals surface area contributed by atoms with Crippen molar-refractivity contribution >= 4 is 22.7 Å². The lowest BCUT2D eigenvalue weighted by Crippen LogP contribution is -2.00. The maximum atomic E-state index is 11.8. The van der Waals surface area contributed by atoms with E-state index in [1.807, 2.05) is 56.3 Å². The van der Waals surface area contributed by atoms with E-state index in [1.165, 1.54) is 17.8 Å². The molecule has 4 rings (SSSR count). The summed E-state index contributed by atoms with van der Waals surface area (Å²) in [6, 6.07) is 15.1. The molecule has 0 aliphatic heterocycles. The zero-order valence-electron chi connectivity index (χ0n) is 15.5. The molecule has 2 heterocycles. The van der Waals surface area contributed by atoms with Gasteiger partial charge in [-0.05, 0) is 48.7 Å². The highest BCUT2D eigenvalue weighted by molar-refractivity contribution is 7.98. The molecule has 6 nitrogen and oxygen atoms in total. The number of aromatic nitrogens is 2.